The molecule has 2 rings (SSSR count). The smallest absolute Gasteiger partial charge is 0.335 e. The first-order valence-corrected chi connectivity index (χ1v) is 6.99. The van der Waals surface area contributed by atoms with Crippen molar-refractivity contribution in [2.24, 2.45) is 11.5 Å². The molecule has 0 spiro atoms. The van der Waals surface area contributed by atoms with Crippen LogP contribution in [-0.4, -0.2) is 39.1 Å². The summed E-state index contributed by atoms with van der Waals surface area (Å²) >= 11 is 0. The summed E-state index contributed by atoms with van der Waals surface area (Å²) in [6.07, 6.45) is 0. The number of rotatable bonds is 8. The number of benzene rings is 1. The number of nitrogens with one attached hydrogen (secondary N) is 3. The van der Waals surface area contributed by atoms with E-state index in [0.29, 0.717) is 18.8 Å². The van der Waals surface area contributed by atoms with Crippen molar-refractivity contribution < 1.29 is 9.90 Å². The van der Waals surface area contributed by atoms with E-state index in [2.05, 4.69) is 37.5 Å². The highest BCUT2D eigenvalue weighted by molar-refractivity contribution is 5.89. The zero-order valence-electron chi connectivity index (χ0n) is 12.8. The maximum absolute atomic E-state index is 11.0. The maximum atomic E-state index is 11.0. The Kier molecular flexibility index (Phi) is 5.47. The van der Waals surface area contributed by atoms with E-state index >= 15 is 0 Å². The first kappa shape index (κ1) is 17.0. The summed E-state index contributed by atoms with van der Waals surface area (Å²) in [5.74, 6) is -0.174. The largest absolute Gasteiger partial charge is 0.478 e. The Morgan fingerprint density at radius 2 is 1.92 bits per heavy atom. The minimum atomic E-state index is -1.03. The number of carbonyl (C=O) groups is 1. The van der Waals surface area contributed by atoms with Crippen LogP contribution in [0.5, 0.6) is 0 Å². The molecule has 1 aromatic carbocycles. The summed E-state index contributed by atoms with van der Waals surface area (Å²) in [6.45, 7) is 4.40. The molecule has 10 nitrogen and oxygen atoms in total. The summed E-state index contributed by atoms with van der Waals surface area (Å²) in [5, 5.41) is 17.6. The van der Waals surface area contributed by atoms with Crippen LogP contribution >= 0.6 is 0 Å². The van der Waals surface area contributed by atoms with Crippen LogP contribution in [0.2, 0.25) is 0 Å². The minimum absolute atomic E-state index is 0.143. The van der Waals surface area contributed by atoms with Crippen molar-refractivity contribution in [1.29, 1.82) is 0 Å². The van der Waals surface area contributed by atoms with Crippen LogP contribution in [0.3, 0.4) is 0 Å². The number of carboxylic acids is 1. The molecule has 0 radical (unpaired) electrons. The van der Waals surface area contributed by atoms with Crippen LogP contribution in [-0.2, 0) is 0 Å². The molecule has 10 heteroatoms. The highest BCUT2D eigenvalue weighted by atomic mass is 16.4. The van der Waals surface area contributed by atoms with Gasteiger partial charge in [-0.25, -0.2) is 4.79 Å². The number of anilines is 4. The fourth-order valence-electron chi connectivity index (χ4n) is 1.75. The fraction of sp³-hybridized carbons (Fsp3) is 0.143. The zero-order chi connectivity index (χ0) is 17.5. The van der Waals surface area contributed by atoms with Gasteiger partial charge in [0.1, 0.15) is 0 Å². The van der Waals surface area contributed by atoms with Crippen LogP contribution in [0.25, 0.3) is 0 Å². The van der Waals surface area contributed by atoms with Gasteiger partial charge in [-0.3, -0.25) is 0 Å². The topological polar surface area (TPSA) is 164 Å². The van der Waals surface area contributed by atoms with E-state index in [-0.39, 0.29) is 29.2 Å². The summed E-state index contributed by atoms with van der Waals surface area (Å²) < 4.78 is 0. The Bertz CT molecular complexity index is 749. The molecule has 0 atom stereocenters. The third-order valence-electron chi connectivity index (χ3n) is 2.70. The molecule has 0 fully saturated rings. The SMILES string of the molecule is C=C(N)Nc1nc(NCCN)nc(Nc2cccc(C(=O)O)c2)n1. The molecule has 0 amide bonds. The van der Waals surface area contributed by atoms with Gasteiger partial charge in [0.05, 0.1) is 11.4 Å². The molecule has 0 aliphatic carbocycles. The van der Waals surface area contributed by atoms with Crippen LogP contribution in [0.4, 0.5) is 23.5 Å². The fourth-order valence-corrected chi connectivity index (χ4v) is 1.75. The van der Waals surface area contributed by atoms with Crippen molar-refractivity contribution in [1.82, 2.24) is 15.0 Å². The maximum Gasteiger partial charge on any atom is 0.335 e. The second-order valence-electron chi connectivity index (χ2n) is 4.68. The van der Waals surface area contributed by atoms with Crippen molar-refractivity contribution in [2.75, 3.05) is 29.0 Å². The predicted octanol–water partition coefficient (Wildman–Crippen LogP) is 0.526. The third-order valence-corrected chi connectivity index (χ3v) is 2.70. The molecule has 8 N–H and O–H groups in total. The summed E-state index contributed by atoms with van der Waals surface area (Å²) in [7, 11) is 0. The number of hydrogen-bond acceptors (Lipinski definition) is 9. The van der Waals surface area contributed by atoms with Crippen LogP contribution in [0, 0.1) is 0 Å². The van der Waals surface area contributed by atoms with Crippen LogP contribution < -0.4 is 27.4 Å². The van der Waals surface area contributed by atoms with Gasteiger partial charge in [-0.1, -0.05) is 12.6 Å². The average Bonchev–Trinajstić information content (AvgIpc) is 2.52. The lowest BCUT2D eigenvalue weighted by Crippen LogP contribution is -2.17. The highest BCUT2D eigenvalue weighted by Gasteiger charge is 2.08. The Balaban J connectivity index is 2.28. The molecular weight excluding hydrogens is 312 g/mol. The quantitative estimate of drug-likeness (QED) is 0.402. The van der Waals surface area contributed by atoms with E-state index in [1.165, 1.54) is 12.1 Å². The van der Waals surface area contributed by atoms with Gasteiger partial charge in [0, 0.05) is 18.8 Å². The molecule has 0 bridgehead atoms. The Morgan fingerprint density at radius 3 is 2.58 bits per heavy atom. The van der Waals surface area contributed by atoms with Gasteiger partial charge in [0.15, 0.2) is 0 Å². The van der Waals surface area contributed by atoms with Gasteiger partial charge in [-0.05, 0) is 18.2 Å². The van der Waals surface area contributed by atoms with Gasteiger partial charge in [0.2, 0.25) is 17.8 Å². The number of hydrogen-bond donors (Lipinski definition) is 6. The summed E-state index contributed by atoms with van der Waals surface area (Å²) in [5.41, 5.74) is 11.6. The number of carboxylic acid groups (broad SMARTS) is 1. The molecule has 0 saturated heterocycles. The van der Waals surface area contributed by atoms with Crippen molar-refractivity contribution in [2.45, 2.75) is 0 Å². The van der Waals surface area contributed by atoms with Gasteiger partial charge >= 0.3 is 5.97 Å². The first-order valence-electron chi connectivity index (χ1n) is 6.99. The first-order chi connectivity index (χ1) is 11.5. The van der Waals surface area contributed by atoms with Crippen molar-refractivity contribution in [3.8, 4) is 0 Å². The molecule has 0 aliphatic heterocycles. The van der Waals surface area contributed by atoms with Crippen LogP contribution in [0.15, 0.2) is 36.7 Å². The molecule has 0 unspecified atom stereocenters. The second-order valence-corrected chi connectivity index (χ2v) is 4.68. The molecule has 1 aromatic heterocycles. The second kappa shape index (κ2) is 7.74. The van der Waals surface area contributed by atoms with E-state index in [1.807, 2.05) is 0 Å². The lowest BCUT2D eigenvalue weighted by atomic mass is 10.2. The minimum Gasteiger partial charge on any atom is -0.478 e. The molecule has 0 aliphatic rings. The normalized spacial score (nSPS) is 10.0. The Labute approximate surface area is 138 Å². The van der Waals surface area contributed by atoms with Gasteiger partial charge in [-0.15, -0.1) is 0 Å². The number of nitrogens with two attached hydrogens (primary N) is 2. The third kappa shape index (κ3) is 4.81. The average molecular weight is 330 g/mol. The Hall–Kier alpha value is -3.40. The molecule has 24 heavy (non-hydrogen) atoms. The van der Waals surface area contributed by atoms with Crippen LogP contribution in [0.1, 0.15) is 10.4 Å². The van der Waals surface area contributed by atoms with Gasteiger partial charge in [0.25, 0.3) is 0 Å². The predicted molar refractivity (Wildman–Crippen MR) is 91.0 cm³/mol. The molecule has 126 valence electrons. The Morgan fingerprint density at radius 1 is 1.21 bits per heavy atom. The summed E-state index contributed by atoms with van der Waals surface area (Å²) in [4.78, 5) is 23.5. The zero-order valence-corrected chi connectivity index (χ0v) is 12.8. The number of aromatic carboxylic acids is 1. The van der Waals surface area contributed by atoms with Crippen molar-refractivity contribution in [3.05, 3.63) is 42.2 Å². The van der Waals surface area contributed by atoms with E-state index < -0.39 is 5.97 Å². The standard InChI is InChI=1S/C14H18N8O2/c1-8(16)18-13-20-12(17-6-5-15)21-14(22-13)19-10-4-2-3-9(7-10)11(23)24/h2-4,7H,1,5-6,15-16H2,(H,23,24)(H3,17,18,19,20,21,22). The van der Waals surface area contributed by atoms with Gasteiger partial charge < -0.3 is 32.5 Å². The number of aromatic nitrogens is 3. The molecule has 1 heterocycles. The van der Waals surface area contributed by atoms with E-state index in [0.717, 1.165) is 0 Å². The number of nitrogens with zero attached hydrogens (tertiary/aromatic N) is 3. The molecule has 0 saturated carbocycles. The van der Waals surface area contributed by atoms with E-state index in [9.17, 15) is 4.79 Å². The lowest BCUT2D eigenvalue weighted by molar-refractivity contribution is 0.0697. The molecule has 2 aromatic rings. The van der Waals surface area contributed by atoms with E-state index in [1.54, 1.807) is 12.1 Å². The highest BCUT2D eigenvalue weighted by Crippen LogP contribution is 2.17. The van der Waals surface area contributed by atoms with E-state index in [4.69, 9.17) is 16.6 Å². The molecular formula is C14H18N8O2. The monoisotopic (exact) mass is 330 g/mol. The van der Waals surface area contributed by atoms with Crippen molar-refractivity contribution >= 4 is 29.5 Å². The van der Waals surface area contributed by atoms with Crippen molar-refractivity contribution in [3.63, 3.8) is 0 Å². The van der Waals surface area contributed by atoms with Gasteiger partial charge in [-0.2, -0.15) is 15.0 Å². The summed E-state index contributed by atoms with van der Waals surface area (Å²) in [6, 6.07) is 6.26. The lowest BCUT2D eigenvalue weighted by Gasteiger charge is -2.11.